The topological polar surface area (TPSA) is 35.5 Å². The summed E-state index contributed by atoms with van der Waals surface area (Å²) >= 11 is 6.18. The summed E-state index contributed by atoms with van der Waals surface area (Å²) in [5, 5.41) is 13.5. The van der Waals surface area contributed by atoms with Crippen LogP contribution in [0.25, 0.3) is 0 Å². The normalized spacial score (nSPS) is 11.1. The third-order valence-corrected chi connectivity index (χ3v) is 3.88. The summed E-state index contributed by atoms with van der Waals surface area (Å²) in [5.41, 5.74) is 2.37. The molecule has 0 saturated carbocycles. The van der Waals surface area contributed by atoms with E-state index in [0.29, 0.717) is 12.6 Å². The molecular weight excluding hydrogens is 272 g/mol. The second-order valence-electron chi connectivity index (χ2n) is 4.94. The number of benzene rings is 1. The van der Waals surface area contributed by atoms with Crippen molar-refractivity contribution in [3.8, 4) is 0 Å². The molecule has 1 aromatic carbocycles. The number of aliphatic hydroxyl groups excluding tert-OH is 1. The van der Waals surface area contributed by atoms with Crippen molar-refractivity contribution in [3.05, 3.63) is 28.8 Å². The standard InChI is InChI=1S/C16H27ClN2O/c1-4-15(5-2)19(9-10-20)16-11-14(17)8-7-13(16)12-18-6-3/h7-8,11,15,18,20H,4-6,9-10,12H2,1-3H3. The molecule has 0 aromatic heterocycles. The Morgan fingerprint density at radius 1 is 1.25 bits per heavy atom. The average molecular weight is 299 g/mol. The molecule has 0 bridgehead atoms. The van der Waals surface area contributed by atoms with Crippen molar-refractivity contribution < 1.29 is 5.11 Å². The molecule has 4 heteroatoms. The summed E-state index contributed by atoms with van der Waals surface area (Å²) in [6, 6.07) is 6.46. The second kappa shape index (κ2) is 9.22. The van der Waals surface area contributed by atoms with Crippen LogP contribution in [-0.4, -0.2) is 30.8 Å². The third-order valence-electron chi connectivity index (χ3n) is 3.65. The van der Waals surface area contributed by atoms with Crippen molar-refractivity contribution in [3.63, 3.8) is 0 Å². The molecule has 3 nitrogen and oxygen atoms in total. The molecule has 0 fully saturated rings. The van der Waals surface area contributed by atoms with Crippen molar-refractivity contribution in [2.45, 2.75) is 46.2 Å². The van der Waals surface area contributed by atoms with E-state index < -0.39 is 0 Å². The first-order valence-electron chi connectivity index (χ1n) is 7.54. The lowest BCUT2D eigenvalue weighted by molar-refractivity contribution is 0.296. The molecule has 0 amide bonds. The van der Waals surface area contributed by atoms with Gasteiger partial charge in [-0.25, -0.2) is 0 Å². The molecule has 2 N–H and O–H groups in total. The van der Waals surface area contributed by atoms with Gasteiger partial charge in [0.15, 0.2) is 0 Å². The predicted octanol–water partition coefficient (Wildman–Crippen LogP) is 3.44. The Hall–Kier alpha value is -0.770. The van der Waals surface area contributed by atoms with Crippen LogP contribution in [0, 0.1) is 0 Å². The number of anilines is 1. The maximum atomic E-state index is 9.38. The van der Waals surface area contributed by atoms with Gasteiger partial charge < -0.3 is 15.3 Å². The Morgan fingerprint density at radius 3 is 2.50 bits per heavy atom. The summed E-state index contributed by atoms with van der Waals surface area (Å²) in [4.78, 5) is 2.29. The zero-order valence-electron chi connectivity index (χ0n) is 12.8. The van der Waals surface area contributed by atoms with E-state index in [1.165, 1.54) is 5.56 Å². The Balaban J connectivity index is 3.11. The van der Waals surface area contributed by atoms with E-state index in [2.05, 4.69) is 37.1 Å². The summed E-state index contributed by atoms with van der Waals surface area (Å²) in [6.45, 7) is 9.04. The molecule has 1 rings (SSSR count). The van der Waals surface area contributed by atoms with Crippen LogP contribution in [0.5, 0.6) is 0 Å². The summed E-state index contributed by atoms with van der Waals surface area (Å²) in [7, 11) is 0. The molecule has 1 aromatic rings. The van der Waals surface area contributed by atoms with Crippen molar-refractivity contribution in [1.29, 1.82) is 0 Å². The third kappa shape index (κ3) is 4.65. The van der Waals surface area contributed by atoms with Gasteiger partial charge in [0, 0.05) is 29.8 Å². The van der Waals surface area contributed by atoms with Gasteiger partial charge in [0.25, 0.3) is 0 Å². The molecular formula is C16H27ClN2O. The number of nitrogens with zero attached hydrogens (tertiary/aromatic N) is 1. The largest absolute Gasteiger partial charge is 0.395 e. The van der Waals surface area contributed by atoms with Gasteiger partial charge in [0.1, 0.15) is 0 Å². The van der Waals surface area contributed by atoms with Crippen LogP contribution in [0.3, 0.4) is 0 Å². The van der Waals surface area contributed by atoms with E-state index in [4.69, 9.17) is 11.6 Å². The smallest absolute Gasteiger partial charge is 0.0606 e. The first kappa shape index (κ1) is 17.3. The average Bonchev–Trinajstić information content (AvgIpc) is 2.46. The lowest BCUT2D eigenvalue weighted by Crippen LogP contribution is -2.37. The lowest BCUT2D eigenvalue weighted by Gasteiger charge is -2.34. The van der Waals surface area contributed by atoms with Gasteiger partial charge in [0.05, 0.1) is 6.61 Å². The zero-order valence-corrected chi connectivity index (χ0v) is 13.6. The highest BCUT2D eigenvalue weighted by Crippen LogP contribution is 2.28. The maximum absolute atomic E-state index is 9.38. The fraction of sp³-hybridized carbons (Fsp3) is 0.625. The Kier molecular flexibility index (Phi) is 7.97. The zero-order chi connectivity index (χ0) is 15.0. The number of aliphatic hydroxyl groups is 1. The summed E-state index contributed by atoms with van der Waals surface area (Å²) < 4.78 is 0. The van der Waals surface area contributed by atoms with Crippen molar-refractivity contribution in [2.75, 3.05) is 24.6 Å². The number of rotatable bonds is 9. The summed E-state index contributed by atoms with van der Waals surface area (Å²) in [6.07, 6.45) is 2.12. The highest BCUT2D eigenvalue weighted by molar-refractivity contribution is 6.30. The number of halogens is 1. The predicted molar refractivity (Wildman–Crippen MR) is 87.6 cm³/mol. The Morgan fingerprint density at radius 2 is 1.95 bits per heavy atom. The molecule has 0 atom stereocenters. The van der Waals surface area contributed by atoms with Crippen LogP contribution >= 0.6 is 11.6 Å². The van der Waals surface area contributed by atoms with Gasteiger partial charge >= 0.3 is 0 Å². The van der Waals surface area contributed by atoms with Crippen LogP contribution < -0.4 is 10.2 Å². The molecule has 0 heterocycles. The Bertz CT molecular complexity index is 394. The molecule has 114 valence electrons. The van der Waals surface area contributed by atoms with E-state index in [0.717, 1.165) is 36.6 Å². The number of hydrogen-bond acceptors (Lipinski definition) is 3. The van der Waals surface area contributed by atoms with Gasteiger partial charge in [-0.05, 0) is 37.1 Å². The number of hydrogen-bond donors (Lipinski definition) is 2. The first-order chi connectivity index (χ1) is 9.67. The Labute approximate surface area is 127 Å². The SMILES string of the molecule is CCNCc1ccc(Cl)cc1N(CCO)C(CC)CC. The van der Waals surface area contributed by atoms with Crippen LogP contribution in [0.4, 0.5) is 5.69 Å². The number of nitrogens with one attached hydrogen (secondary N) is 1. The van der Waals surface area contributed by atoms with E-state index in [1.54, 1.807) is 0 Å². The van der Waals surface area contributed by atoms with Gasteiger partial charge in [-0.2, -0.15) is 0 Å². The molecule has 0 radical (unpaired) electrons. The van der Waals surface area contributed by atoms with Crippen LogP contribution in [0.1, 0.15) is 39.2 Å². The van der Waals surface area contributed by atoms with E-state index >= 15 is 0 Å². The van der Waals surface area contributed by atoms with Crippen molar-refractivity contribution >= 4 is 17.3 Å². The molecule has 0 aliphatic heterocycles. The molecule has 0 aliphatic rings. The van der Waals surface area contributed by atoms with Crippen molar-refractivity contribution in [2.24, 2.45) is 0 Å². The van der Waals surface area contributed by atoms with E-state index in [1.807, 2.05) is 12.1 Å². The fourth-order valence-corrected chi connectivity index (χ4v) is 2.72. The van der Waals surface area contributed by atoms with Gasteiger partial charge in [-0.3, -0.25) is 0 Å². The quantitative estimate of drug-likeness (QED) is 0.733. The molecule has 0 unspecified atom stereocenters. The first-order valence-corrected chi connectivity index (χ1v) is 7.92. The lowest BCUT2D eigenvalue weighted by atomic mass is 10.1. The minimum absolute atomic E-state index is 0.156. The highest BCUT2D eigenvalue weighted by atomic mass is 35.5. The minimum atomic E-state index is 0.156. The van der Waals surface area contributed by atoms with Gasteiger partial charge in [-0.1, -0.05) is 38.4 Å². The van der Waals surface area contributed by atoms with Crippen LogP contribution in [0.15, 0.2) is 18.2 Å². The fourth-order valence-electron chi connectivity index (χ4n) is 2.55. The van der Waals surface area contributed by atoms with E-state index in [9.17, 15) is 5.11 Å². The molecule has 0 saturated heterocycles. The second-order valence-corrected chi connectivity index (χ2v) is 5.38. The van der Waals surface area contributed by atoms with Gasteiger partial charge in [0.2, 0.25) is 0 Å². The molecule has 0 spiro atoms. The van der Waals surface area contributed by atoms with Crippen molar-refractivity contribution in [1.82, 2.24) is 5.32 Å². The van der Waals surface area contributed by atoms with Gasteiger partial charge in [-0.15, -0.1) is 0 Å². The highest BCUT2D eigenvalue weighted by Gasteiger charge is 2.18. The van der Waals surface area contributed by atoms with Crippen LogP contribution in [0.2, 0.25) is 5.02 Å². The molecule has 20 heavy (non-hydrogen) atoms. The molecule has 0 aliphatic carbocycles. The van der Waals surface area contributed by atoms with E-state index in [-0.39, 0.29) is 6.61 Å². The maximum Gasteiger partial charge on any atom is 0.0606 e. The minimum Gasteiger partial charge on any atom is -0.395 e. The van der Waals surface area contributed by atoms with Crippen LogP contribution in [-0.2, 0) is 6.54 Å². The summed E-state index contributed by atoms with van der Waals surface area (Å²) in [5.74, 6) is 0. The monoisotopic (exact) mass is 298 g/mol.